The van der Waals surface area contributed by atoms with Crippen molar-refractivity contribution in [3.8, 4) is 6.07 Å². The molecule has 0 unspecified atom stereocenters. The molecule has 0 heterocycles. The predicted octanol–water partition coefficient (Wildman–Crippen LogP) is 3.52. The van der Waals surface area contributed by atoms with Crippen LogP contribution < -0.4 is 5.32 Å². The summed E-state index contributed by atoms with van der Waals surface area (Å²) in [5.41, 5.74) is 0.770. The molecule has 0 saturated heterocycles. The standard InChI is InChI=1S/C16H19ClN2O3/c1-10(2)4-7-15(20)22-11(3)16(21)19-13-6-5-12(9-18)14(17)8-13/h5-6,8,10-11H,4,7H2,1-3H3,(H,19,21)/t11-/m0/s1. The van der Waals surface area contributed by atoms with E-state index in [1.807, 2.05) is 19.9 Å². The molecule has 0 spiro atoms. The zero-order chi connectivity index (χ0) is 16.7. The predicted molar refractivity (Wildman–Crippen MR) is 84.4 cm³/mol. The number of nitrogens with one attached hydrogen (secondary N) is 1. The van der Waals surface area contributed by atoms with Gasteiger partial charge in [-0.05, 0) is 37.5 Å². The first-order valence-corrected chi connectivity index (χ1v) is 7.41. The molecule has 0 aromatic heterocycles. The minimum absolute atomic E-state index is 0.252. The monoisotopic (exact) mass is 322 g/mol. The third-order valence-corrected chi connectivity index (χ3v) is 3.27. The van der Waals surface area contributed by atoms with Crippen LogP contribution >= 0.6 is 11.6 Å². The fourth-order valence-corrected chi connectivity index (χ4v) is 1.87. The molecule has 6 heteroatoms. The highest BCUT2D eigenvalue weighted by Gasteiger charge is 2.18. The molecule has 22 heavy (non-hydrogen) atoms. The average molecular weight is 323 g/mol. The summed E-state index contributed by atoms with van der Waals surface area (Å²) in [4.78, 5) is 23.5. The molecule has 0 aliphatic carbocycles. The van der Waals surface area contributed by atoms with Gasteiger partial charge in [-0.3, -0.25) is 9.59 Å². The van der Waals surface area contributed by atoms with Crippen molar-refractivity contribution < 1.29 is 14.3 Å². The van der Waals surface area contributed by atoms with Crippen LogP contribution in [-0.4, -0.2) is 18.0 Å². The molecule has 0 aliphatic rings. The van der Waals surface area contributed by atoms with Crippen LogP contribution in [0.4, 0.5) is 5.69 Å². The fourth-order valence-electron chi connectivity index (χ4n) is 1.64. The second-order valence-corrected chi connectivity index (χ2v) is 5.77. The number of rotatable bonds is 6. The van der Waals surface area contributed by atoms with E-state index in [9.17, 15) is 9.59 Å². The second kappa shape index (κ2) is 8.40. The first-order valence-electron chi connectivity index (χ1n) is 7.03. The van der Waals surface area contributed by atoms with Crippen molar-refractivity contribution in [2.24, 2.45) is 5.92 Å². The summed E-state index contributed by atoms with van der Waals surface area (Å²) in [6.07, 6.45) is 0.116. The van der Waals surface area contributed by atoms with Crippen molar-refractivity contribution in [1.82, 2.24) is 0 Å². The number of anilines is 1. The van der Waals surface area contributed by atoms with Gasteiger partial charge in [-0.1, -0.05) is 25.4 Å². The van der Waals surface area contributed by atoms with Gasteiger partial charge < -0.3 is 10.1 Å². The van der Waals surface area contributed by atoms with Crippen molar-refractivity contribution in [2.75, 3.05) is 5.32 Å². The van der Waals surface area contributed by atoms with Gasteiger partial charge in [0, 0.05) is 12.1 Å². The van der Waals surface area contributed by atoms with E-state index in [4.69, 9.17) is 21.6 Å². The quantitative estimate of drug-likeness (QED) is 0.813. The van der Waals surface area contributed by atoms with E-state index in [-0.39, 0.29) is 11.4 Å². The number of esters is 1. The van der Waals surface area contributed by atoms with Crippen LogP contribution in [0.3, 0.4) is 0 Å². The Morgan fingerprint density at radius 2 is 2.05 bits per heavy atom. The number of nitrogens with zero attached hydrogens (tertiary/aromatic N) is 1. The Bertz CT molecular complexity index is 594. The SMILES string of the molecule is CC(C)CCC(=O)O[C@@H](C)C(=O)Nc1ccc(C#N)c(Cl)c1. The van der Waals surface area contributed by atoms with Gasteiger partial charge in [-0.15, -0.1) is 0 Å². The highest BCUT2D eigenvalue weighted by Crippen LogP contribution is 2.20. The van der Waals surface area contributed by atoms with Gasteiger partial charge in [0.1, 0.15) is 6.07 Å². The van der Waals surface area contributed by atoms with Crippen molar-refractivity contribution in [1.29, 1.82) is 5.26 Å². The third-order valence-electron chi connectivity index (χ3n) is 2.96. The van der Waals surface area contributed by atoms with Crippen LogP contribution in [0.5, 0.6) is 0 Å². The minimum atomic E-state index is -0.894. The van der Waals surface area contributed by atoms with Gasteiger partial charge in [-0.2, -0.15) is 5.26 Å². The number of nitriles is 1. The van der Waals surface area contributed by atoms with Crippen molar-refractivity contribution in [3.63, 3.8) is 0 Å². The van der Waals surface area contributed by atoms with Crippen molar-refractivity contribution in [2.45, 2.75) is 39.7 Å². The van der Waals surface area contributed by atoms with Gasteiger partial charge in [0.2, 0.25) is 0 Å². The minimum Gasteiger partial charge on any atom is -0.453 e. The van der Waals surface area contributed by atoms with E-state index in [1.54, 1.807) is 6.07 Å². The lowest BCUT2D eigenvalue weighted by Crippen LogP contribution is -2.30. The molecule has 0 radical (unpaired) electrons. The summed E-state index contributed by atoms with van der Waals surface area (Å²) < 4.78 is 5.07. The molecule has 1 aromatic carbocycles. The Balaban J connectivity index is 2.56. The van der Waals surface area contributed by atoms with E-state index in [1.165, 1.54) is 19.1 Å². The van der Waals surface area contributed by atoms with Gasteiger partial charge in [-0.25, -0.2) is 0 Å². The normalized spacial score (nSPS) is 11.6. The molecule has 0 fully saturated rings. The lowest BCUT2D eigenvalue weighted by Gasteiger charge is -2.14. The van der Waals surface area contributed by atoms with E-state index >= 15 is 0 Å². The number of carbonyl (C=O) groups excluding carboxylic acids is 2. The number of amides is 1. The fraction of sp³-hybridized carbons (Fsp3) is 0.438. The molecule has 5 nitrogen and oxygen atoms in total. The number of halogens is 1. The van der Waals surface area contributed by atoms with Gasteiger partial charge in [0.05, 0.1) is 10.6 Å². The lowest BCUT2D eigenvalue weighted by atomic mass is 10.1. The molecule has 0 aliphatic heterocycles. The first-order chi connectivity index (χ1) is 10.3. The Morgan fingerprint density at radius 3 is 2.59 bits per heavy atom. The third kappa shape index (κ3) is 5.74. The molecule has 118 valence electrons. The molecule has 1 amide bonds. The number of hydrogen-bond donors (Lipinski definition) is 1. The summed E-state index contributed by atoms with van der Waals surface area (Å²) in [5, 5.41) is 11.6. The van der Waals surface area contributed by atoms with Gasteiger partial charge >= 0.3 is 5.97 Å². The van der Waals surface area contributed by atoms with Crippen LogP contribution in [0, 0.1) is 17.2 Å². The summed E-state index contributed by atoms with van der Waals surface area (Å²) in [6.45, 7) is 5.53. The zero-order valence-corrected chi connectivity index (χ0v) is 13.6. The van der Waals surface area contributed by atoms with Gasteiger partial charge in [0.15, 0.2) is 6.10 Å². The zero-order valence-electron chi connectivity index (χ0n) is 12.9. The maximum Gasteiger partial charge on any atom is 0.306 e. The molecule has 0 bridgehead atoms. The van der Waals surface area contributed by atoms with Crippen LogP contribution in [0.25, 0.3) is 0 Å². The number of benzene rings is 1. The van der Waals surface area contributed by atoms with Crippen molar-refractivity contribution >= 4 is 29.2 Å². The maximum absolute atomic E-state index is 12.0. The second-order valence-electron chi connectivity index (χ2n) is 5.36. The van der Waals surface area contributed by atoms with E-state index in [0.29, 0.717) is 17.2 Å². The summed E-state index contributed by atoms with van der Waals surface area (Å²) in [6, 6.07) is 6.49. The Morgan fingerprint density at radius 1 is 1.36 bits per heavy atom. The van der Waals surface area contributed by atoms with E-state index < -0.39 is 18.0 Å². The summed E-state index contributed by atoms with van der Waals surface area (Å²) in [7, 11) is 0. The van der Waals surface area contributed by atoms with Crippen LogP contribution in [-0.2, 0) is 14.3 Å². The molecular formula is C16H19ClN2O3. The lowest BCUT2D eigenvalue weighted by molar-refractivity contribution is -0.153. The molecule has 1 N–H and O–H groups in total. The maximum atomic E-state index is 12.0. The van der Waals surface area contributed by atoms with Crippen LogP contribution in [0.15, 0.2) is 18.2 Å². The van der Waals surface area contributed by atoms with E-state index in [0.717, 1.165) is 6.42 Å². The Kier molecular flexibility index (Phi) is 6.87. The Labute approximate surface area is 135 Å². The smallest absolute Gasteiger partial charge is 0.306 e. The molecule has 1 rings (SSSR count). The molecule has 1 atom stereocenters. The van der Waals surface area contributed by atoms with Gasteiger partial charge in [0.25, 0.3) is 5.91 Å². The van der Waals surface area contributed by atoms with Crippen molar-refractivity contribution in [3.05, 3.63) is 28.8 Å². The van der Waals surface area contributed by atoms with Crippen LogP contribution in [0.1, 0.15) is 39.2 Å². The molecule has 1 aromatic rings. The van der Waals surface area contributed by atoms with E-state index in [2.05, 4.69) is 5.32 Å². The number of hydrogen-bond acceptors (Lipinski definition) is 4. The average Bonchev–Trinajstić information content (AvgIpc) is 2.45. The topological polar surface area (TPSA) is 79.2 Å². The number of ether oxygens (including phenoxy) is 1. The molecule has 0 saturated carbocycles. The molecular weight excluding hydrogens is 304 g/mol. The number of carbonyl (C=O) groups is 2. The Hall–Kier alpha value is -2.06. The highest BCUT2D eigenvalue weighted by atomic mass is 35.5. The summed E-state index contributed by atoms with van der Waals surface area (Å²) in [5.74, 6) is -0.439. The first kappa shape index (κ1) is 18.0. The summed E-state index contributed by atoms with van der Waals surface area (Å²) >= 11 is 5.89. The van der Waals surface area contributed by atoms with Crippen LogP contribution in [0.2, 0.25) is 5.02 Å². The largest absolute Gasteiger partial charge is 0.453 e. The highest BCUT2D eigenvalue weighted by molar-refractivity contribution is 6.32.